The van der Waals surface area contributed by atoms with Crippen molar-refractivity contribution in [1.82, 2.24) is 10.6 Å². The molecule has 1 fully saturated rings. The largest absolute Gasteiger partial charge is 0.481 e. The maximum Gasteiger partial charge on any atom is 0.408 e. The molecule has 0 radical (unpaired) electrons. The quantitative estimate of drug-likeness (QED) is 0.446. The van der Waals surface area contributed by atoms with Gasteiger partial charge in [0.2, 0.25) is 5.91 Å². The second kappa shape index (κ2) is 8.95. The Morgan fingerprint density at radius 1 is 1.00 bits per heavy atom. The van der Waals surface area contributed by atoms with Crippen molar-refractivity contribution in [3.63, 3.8) is 0 Å². The second-order valence-electron chi connectivity index (χ2n) is 8.67. The Balaban J connectivity index is 1.23. The molecule has 1 saturated carbocycles. The molecule has 1 unspecified atom stereocenters. The van der Waals surface area contributed by atoms with Crippen molar-refractivity contribution in [2.75, 3.05) is 6.61 Å². The first kappa shape index (κ1) is 22.2. The molecule has 0 spiro atoms. The summed E-state index contributed by atoms with van der Waals surface area (Å²) in [5.41, 5.74) is 3.45. The molecule has 0 saturated heterocycles. The topological polar surface area (TPSA) is 105 Å². The van der Waals surface area contributed by atoms with E-state index < -0.39 is 23.6 Å². The summed E-state index contributed by atoms with van der Waals surface area (Å²) in [6.45, 7) is 0.161. The number of thiophene rings is 1. The first-order valence-electron chi connectivity index (χ1n) is 11.2. The molecule has 34 heavy (non-hydrogen) atoms. The molecule has 1 heterocycles. The summed E-state index contributed by atoms with van der Waals surface area (Å²) >= 11 is 1.38. The number of carboxylic acid groups (broad SMARTS) is 1. The van der Waals surface area contributed by atoms with Crippen LogP contribution in [0.25, 0.3) is 11.1 Å². The van der Waals surface area contributed by atoms with E-state index in [0.717, 1.165) is 27.1 Å². The Morgan fingerprint density at radius 2 is 1.65 bits per heavy atom. The maximum absolute atomic E-state index is 13.0. The van der Waals surface area contributed by atoms with Crippen molar-refractivity contribution in [2.24, 2.45) is 0 Å². The molecule has 0 bridgehead atoms. The molecule has 3 N–H and O–H groups in total. The summed E-state index contributed by atoms with van der Waals surface area (Å²) in [6.07, 6.45) is 0.0776. The van der Waals surface area contributed by atoms with Crippen LogP contribution in [-0.4, -0.2) is 35.2 Å². The Morgan fingerprint density at radius 3 is 2.21 bits per heavy atom. The summed E-state index contributed by atoms with van der Waals surface area (Å²) in [7, 11) is 0. The highest BCUT2D eigenvalue weighted by molar-refractivity contribution is 7.10. The summed E-state index contributed by atoms with van der Waals surface area (Å²) in [5.74, 6) is -1.46. The van der Waals surface area contributed by atoms with Crippen molar-refractivity contribution in [1.29, 1.82) is 0 Å². The predicted molar refractivity (Wildman–Crippen MR) is 128 cm³/mol. The normalized spacial score (nSPS) is 16.1. The lowest BCUT2D eigenvalue weighted by atomic mass is 9.98. The number of carbonyl (C=O) groups is 3. The zero-order chi connectivity index (χ0) is 23.7. The fourth-order valence-corrected chi connectivity index (χ4v) is 5.32. The lowest BCUT2D eigenvalue weighted by Crippen LogP contribution is -2.50. The van der Waals surface area contributed by atoms with E-state index in [1.165, 1.54) is 11.3 Å². The van der Waals surface area contributed by atoms with Crippen LogP contribution in [0, 0.1) is 0 Å². The van der Waals surface area contributed by atoms with Crippen LogP contribution in [0.5, 0.6) is 0 Å². The molecule has 0 aliphatic heterocycles. The fraction of sp³-hybridized carbons (Fsp3) is 0.269. The summed E-state index contributed by atoms with van der Waals surface area (Å²) in [5, 5.41) is 16.6. The van der Waals surface area contributed by atoms with E-state index in [-0.39, 0.29) is 24.9 Å². The van der Waals surface area contributed by atoms with Gasteiger partial charge in [-0.1, -0.05) is 54.6 Å². The number of rotatable bonds is 8. The third-order valence-corrected chi connectivity index (χ3v) is 7.43. The first-order valence-corrected chi connectivity index (χ1v) is 12.0. The van der Waals surface area contributed by atoms with Crippen LogP contribution in [0.4, 0.5) is 4.79 Å². The molecule has 1 aromatic heterocycles. The van der Waals surface area contributed by atoms with Gasteiger partial charge in [0.25, 0.3) is 0 Å². The van der Waals surface area contributed by atoms with Crippen LogP contribution in [0.1, 0.15) is 47.2 Å². The lowest BCUT2D eigenvalue weighted by molar-refractivity contribution is -0.137. The summed E-state index contributed by atoms with van der Waals surface area (Å²) < 4.78 is 5.59. The van der Waals surface area contributed by atoms with Gasteiger partial charge in [-0.05, 0) is 46.5 Å². The number of amides is 2. The Kier molecular flexibility index (Phi) is 5.83. The summed E-state index contributed by atoms with van der Waals surface area (Å²) in [4.78, 5) is 37.7. The van der Waals surface area contributed by atoms with Crippen molar-refractivity contribution in [3.05, 3.63) is 82.0 Å². The van der Waals surface area contributed by atoms with Gasteiger partial charge < -0.3 is 20.5 Å². The number of hydrogen-bond acceptors (Lipinski definition) is 5. The van der Waals surface area contributed by atoms with Crippen LogP contribution in [0.2, 0.25) is 0 Å². The van der Waals surface area contributed by atoms with E-state index in [1.54, 1.807) is 6.07 Å². The maximum atomic E-state index is 13.0. The Labute approximate surface area is 200 Å². The Bertz CT molecular complexity index is 1190. The Hall–Kier alpha value is -3.65. The number of benzene rings is 2. The highest BCUT2D eigenvalue weighted by Gasteiger charge is 2.52. The standard InChI is InChI=1S/C26H24N2O5S/c29-23(30)14-21(22-10-5-13-34-22)27-24(31)26(11-12-26)28-25(32)33-15-20-18-8-3-1-6-16(18)17-7-2-4-9-19(17)20/h1-10,13,20-21H,11-12,14-15H2,(H,27,31)(H,28,32)(H,29,30). The molecule has 1 atom stereocenters. The highest BCUT2D eigenvalue weighted by atomic mass is 32.1. The molecule has 2 aromatic carbocycles. The number of carboxylic acids is 1. The molecule has 2 amide bonds. The van der Waals surface area contributed by atoms with E-state index in [2.05, 4.69) is 22.8 Å². The molecule has 5 rings (SSSR count). The van der Waals surface area contributed by atoms with Crippen molar-refractivity contribution in [2.45, 2.75) is 36.8 Å². The molecule has 174 valence electrons. The van der Waals surface area contributed by atoms with Gasteiger partial charge in [-0.3, -0.25) is 9.59 Å². The zero-order valence-corrected chi connectivity index (χ0v) is 19.1. The van der Waals surface area contributed by atoms with Crippen molar-refractivity contribution >= 4 is 29.3 Å². The van der Waals surface area contributed by atoms with Gasteiger partial charge in [0.05, 0.1) is 12.5 Å². The minimum absolute atomic E-state index is 0.0686. The van der Waals surface area contributed by atoms with E-state index in [9.17, 15) is 19.5 Å². The minimum atomic E-state index is -1.06. The van der Waals surface area contributed by atoms with E-state index in [4.69, 9.17) is 4.74 Å². The van der Waals surface area contributed by atoms with E-state index in [1.807, 2.05) is 47.8 Å². The zero-order valence-electron chi connectivity index (χ0n) is 18.3. The van der Waals surface area contributed by atoms with Gasteiger partial charge in [-0.15, -0.1) is 11.3 Å². The lowest BCUT2D eigenvalue weighted by Gasteiger charge is -2.22. The summed E-state index contributed by atoms with van der Waals surface area (Å²) in [6, 6.07) is 19.1. The van der Waals surface area contributed by atoms with Gasteiger partial charge in [0.15, 0.2) is 0 Å². The monoisotopic (exact) mass is 476 g/mol. The van der Waals surface area contributed by atoms with Gasteiger partial charge in [0.1, 0.15) is 12.1 Å². The molecule has 8 heteroatoms. The highest BCUT2D eigenvalue weighted by Crippen LogP contribution is 2.44. The first-order chi connectivity index (χ1) is 16.5. The van der Waals surface area contributed by atoms with Crippen LogP contribution < -0.4 is 10.6 Å². The average Bonchev–Trinajstić information content (AvgIpc) is 3.27. The SMILES string of the molecule is O=C(O)CC(NC(=O)C1(NC(=O)OCC2c3ccccc3-c3ccccc32)CC1)c1cccs1. The number of fused-ring (bicyclic) bond motifs is 3. The van der Waals surface area contributed by atoms with Gasteiger partial charge in [0, 0.05) is 10.8 Å². The third kappa shape index (κ3) is 4.28. The smallest absolute Gasteiger partial charge is 0.408 e. The molecule has 3 aromatic rings. The number of nitrogens with one attached hydrogen (secondary N) is 2. The fourth-order valence-electron chi connectivity index (χ4n) is 4.55. The number of hydrogen-bond donors (Lipinski definition) is 3. The van der Waals surface area contributed by atoms with Crippen LogP contribution in [0.15, 0.2) is 66.0 Å². The molecule has 2 aliphatic rings. The van der Waals surface area contributed by atoms with Gasteiger partial charge in [-0.25, -0.2) is 4.79 Å². The second-order valence-corrected chi connectivity index (χ2v) is 9.65. The minimum Gasteiger partial charge on any atom is -0.481 e. The van der Waals surface area contributed by atoms with Crippen LogP contribution in [0.3, 0.4) is 0 Å². The van der Waals surface area contributed by atoms with Crippen LogP contribution in [-0.2, 0) is 14.3 Å². The predicted octanol–water partition coefficient (Wildman–Crippen LogP) is 4.45. The molecular weight excluding hydrogens is 452 g/mol. The number of carbonyl (C=O) groups excluding carboxylic acids is 2. The average molecular weight is 477 g/mol. The van der Waals surface area contributed by atoms with Crippen LogP contribution >= 0.6 is 11.3 Å². The van der Waals surface area contributed by atoms with Gasteiger partial charge in [-0.2, -0.15) is 0 Å². The molecule has 7 nitrogen and oxygen atoms in total. The number of aliphatic carboxylic acids is 1. The third-order valence-electron chi connectivity index (χ3n) is 6.44. The number of ether oxygens (including phenoxy) is 1. The van der Waals surface area contributed by atoms with E-state index in [0.29, 0.717) is 12.8 Å². The number of alkyl carbamates (subject to hydrolysis) is 1. The molecule has 2 aliphatic carbocycles. The van der Waals surface area contributed by atoms with E-state index >= 15 is 0 Å². The molecular formula is C26H24N2O5S. The van der Waals surface area contributed by atoms with Crippen molar-refractivity contribution < 1.29 is 24.2 Å². The van der Waals surface area contributed by atoms with Crippen molar-refractivity contribution in [3.8, 4) is 11.1 Å². The van der Waals surface area contributed by atoms with Gasteiger partial charge >= 0.3 is 12.1 Å².